The molecule has 3 atom stereocenters. The van der Waals surface area contributed by atoms with E-state index in [0.717, 1.165) is 24.9 Å². The summed E-state index contributed by atoms with van der Waals surface area (Å²) in [6.07, 6.45) is 7.76. The van der Waals surface area contributed by atoms with Gasteiger partial charge in [-0.1, -0.05) is 26.7 Å². The Balaban J connectivity index is 0.00000147. The summed E-state index contributed by atoms with van der Waals surface area (Å²) in [7, 11) is 0. The summed E-state index contributed by atoms with van der Waals surface area (Å²) in [5.74, 6) is 2.14. The smallest absolute Gasteiger partial charge is 0.223 e. The van der Waals surface area contributed by atoms with Gasteiger partial charge in [-0.3, -0.25) is 4.79 Å². The minimum absolute atomic E-state index is 0. The first kappa shape index (κ1) is 16.1. The van der Waals surface area contributed by atoms with Gasteiger partial charge in [0.15, 0.2) is 0 Å². The zero-order valence-electron chi connectivity index (χ0n) is 12.8. The van der Waals surface area contributed by atoms with Crippen LogP contribution in [0.15, 0.2) is 0 Å². The molecule has 1 amide bonds. The lowest BCUT2D eigenvalue weighted by Crippen LogP contribution is -2.53. The number of nitrogens with one attached hydrogen (secondary N) is 2. The van der Waals surface area contributed by atoms with Gasteiger partial charge in [-0.2, -0.15) is 0 Å². The van der Waals surface area contributed by atoms with Crippen LogP contribution in [0.2, 0.25) is 0 Å². The number of carbonyl (C=O) groups is 1. The fourth-order valence-electron chi connectivity index (χ4n) is 4.32. The van der Waals surface area contributed by atoms with E-state index in [1.54, 1.807) is 0 Å². The summed E-state index contributed by atoms with van der Waals surface area (Å²) >= 11 is 0. The predicted octanol–water partition coefficient (Wildman–Crippen LogP) is 2.74. The predicted molar refractivity (Wildman–Crippen MR) is 84.0 cm³/mol. The van der Waals surface area contributed by atoms with E-state index < -0.39 is 0 Å². The molecule has 2 aliphatic carbocycles. The summed E-state index contributed by atoms with van der Waals surface area (Å²) < 4.78 is 0. The Bertz CT molecular complexity index is 346. The van der Waals surface area contributed by atoms with Crippen molar-refractivity contribution in [2.75, 3.05) is 13.1 Å². The van der Waals surface area contributed by atoms with E-state index >= 15 is 0 Å². The third-order valence-corrected chi connectivity index (χ3v) is 5.77. The van der Waals surface area contributed by atoms with Gasteiger partial charge >= 0.3 is 0 Å². The molecule has 0 radical (unpaired) electrons. The van der Waals surface area contributed by atoms with Gasteiger partial charge < -0.3 is 10.6 Å². The molecular weight excluding hydrogens is 272 g/mol. The molecule has 0 aromatic rings. The van der Waals surface area contributed by atoms with Crippen molar-refractivity contribution < 1.29 is 4.79 Å². The van der Waals surface area contributed by atoms with Crippen molar-refractivity contribution in [3.05, 3.63) is 0 Å². The molecule has 20 heavy (non-hydrogen) atoms. The number of carbonyl (C=O) groups excluding carboxylic acids is 1. The maximum absolute atomic E-state index is 12.3. The third kappa shape index (κ3) is 3.14. The number of halogens is 1. The number of hydrogen-bond donors (Lipinski definition) is 2. The van der Waals surface area contributed by atoms with E-state index in [1.807, 2.05) is 0 Å². The van der Waals surface area contributed by atoms with Crippen molar-refractivity contribution in [2.45, 2.75) is 58.4 Å². The van der Waals surface area contributed by atoms with Crippen LogP contribution >= 0.6 is 12.4 Å². The van der Waals surface area contributed by atoms with Gasteiger partial charge in [0.25, 0.3) is 0 Å². The fraction of sp³-hybridized carbons (Fsp3) is 0.938. The molecule has 1 aliphatic heterocycles. The lowest BCUT2D eigenvalue weighted by atomic mass is 9.77. The molecule has 2 N–H and O–H groups in total. The number of piperidine rings is 1. The molecule has 3 nitrogen and oxygen atoms in total. The van der Waals surface area contributed by atoms with Gasteiger partial charge in [0, 0.05) is 18.5 Å². The van der Waals surface area contributed by atoms with Crippen LogP contribution in [0.4, 0.5) is 0 Å². The van der Waals surface area contributed by atoms with Crippen LogP contribution in [0.25, 0.3) is 0 Å². The largest absolute Gasteiger partial charge is 0.354 e. The van der Waals surface area contributed by atoms with E-state index in [0.29, 0.717) is 23.3 Å². The molecule has 0 spiro atoms. The average Bonchev–Trinajstić information content (AvgIpc) is 3.11. The molecule has 3 aliphatic rings. The van der Waals surface area contributed by atoms with E-state index in [4.69, 9.17) is 0 Å². The van der Waals surface area contributed by atoms with Gasteiger partial charge in [0.05, 0.1) is 0 Å². The maximum Gasteiger partial charge on any atom is 0.223 e. The Labute approximate surface area is 129 Å². The van der Waals surface area contributed by atoms with Gasteiger partial charge in [-0.05, 0) is 49.5 Å². The van der Waals surface area contributed by atoms with E-state index in [9.17, 15) is 4.79 Å². The first-order valence-corrected chi connectivity index (χ1v) is 8.11. The average molecular weight is 301 g/mol. The molecule has 0 aromatic carbocycles. The van der Waals surface area contributed by atoms with Crippen LogP contribution in [0.3, 0.4) is 0 Å². The molecule has 3 rings (SSSR count). The number of rotatable bonds is 3. The van der Waals surface area contributed by atoms with E-state index in [1.165, 1.54) is 38.5 Å². The highest BCUT2D eigenvalue weighted by Crippen LogP contribution is 2.55. The minimum atomic E-state index is 0. The van der Waals surface area contributed by atoms with Crippen LogP contribution in [0.5, 0.6) is 0 Å². The summed E-state index contributed by atoms with van der Waals surface area (Å²) in [5.41, 5.74) is 0.307. The zero-order valence-corrected chi connectivity index (χ0v) is 13.6. The summed E-state index contributed by atoms with van der Waals surface area (Å²) in [6, 6.07) is 0.436. The van der Waals surface area contributed by atoms with E-state index in [2.05, 4.69) is 24.5 Å². The second-order valence-corrected chi connectivity index (χ2v) is 7.48. The molecular formula is C16H29ClN2O. The Hall–Kier alpha value is -0.280. The Morgan fingerprint density at radius 2 is 1.85 bits per heavy atom. The van der Waals surface area contributed by atoms with Crippen molar-refractivity contribution >= 4 is 18.3 Å². The molecule has 116 valence electrons. The van der Waals surface area contributed by atoms with Gasteiger partial charge in [-0.25, -0.2) is 0 Å². The molecule has 1 heterocycles. The van der Waals surface area contributed by atoms with Gasteiger partial charge in [0.1, 0.15) is 0 Å². The van der Waals surface area contributed by atoms with Crippen molar-refractivity contribution in [3.8, 4) is 0 Å². The third-order valence-electron chi connectivity index (χ3n) is 5.77. The van der Waals surface area contributed by atoms with Gasteiger partial charge in [0.2, 0.25) is 5.91 Å². The maximum atomic E-state index is 12.3. The second kappa shape index (κ2) is 6.23. The summed E-state index contributed by atoms with van der Waals surface area (Å²) in [6.45, 7) is 6.53. The molecule has 0 aromatic heterocycles. The molecule has 0 bridgehead atoms. The number of amides is 1. The molecule has 4 heteroatoms. The van der Waals surface area contributed by atoms with Crippen molar-refractivity contribution in [2.24, 2.45) is 23.2 Å². The molecule has 3 unspecified atom stereocenters. The number of fused-ring (bicyclic) bond motifs is 1. The Morgan fingerprint density at radius 3 is 2.45 bits per heavy atom. The monoisotopic (exact) mass is 300 g/mol. The number of hydrogen-bond acceptors (Lipinski definition) is 2. The molecule has 2 saturated carbocycles. The van der Waals surface area contributed by atoms with Crippen LogP contribution in [-0.4, -0.2) is 25.0 Å². The summed E-state index contributed by atoms with van der Waals surface area (Å²) in [4.78, 5) is 12.3. The zero-order chi connectivity index (χ0) is 13.5. The first-order valence-electron chi connectivity index (χ1n) is 8.11. The Kier molecular flexibility index (Phi) is 5.01. The van der Waals surface area contributed by atoms with E-state index in [-0.39, 0.29) is 12.4 Å². The first-order chi connectivity index (χ1) is 9.09. The standard InChI is InChI=1S/C16H28N2O.ClH/c1-16(2)8-5-9-17-13(16)10-18-15(19)14-11-6-3-4-7-12(11)14;/h11-14,17H,3-10H2,1-2H3,(H,18,19);1H. The molecule has 1 saturated heterocycles. The topological polar surface area (TPSA) is 41.1 Å². The minimum Gasteiger partial charge on any atom is -0.354 e. The fourth-order valence-corrected chi connectivity index (χ4v) is 4.32. The molecule has 3 fully saturated rings. The lowest BCUT2D eigenvalue weighted by molar-refractivity contribution is -0.123. The Morgan fingerprint density at radius 1 is 1.20 bits per heavy atom. The SMILES string of the molecule is CC1(C)CCCNC1CNC(=O)C1C2CCCCC21.Cl. The summed E-state index contributed by atoms with van der Waals surface area (Å²) in [5, 5.41) is 6.80. The van der Waals surface area contributed by atoms with Crippen molar-refractivity contribution in [1.29, 1.82) is 0 Å². The van der Waals surface area contributed by atoms with Crippen LogP contribution in [0, 0.1) is 23.2 Å². The van der Waals surface area contributed by atoms with Crippen LogP contribution in [-0.2, 0) is 4.79 Å². The highest BCUT2D eigenvalue weighted by atomic mass is 35.5. The highest BCUT2D eigenvalue weighted by molar-refractivity contribution is 5.85. The highest BCUT2D eigenvalue weighted by Gasteiger charge is 2.54. The quantitative estimate of drug-likeness (QED) is 0.841. The van der Waals surface area contributed by atoms with Gasteiger partial charge in [-0.15, -0.1) is 12.4 Å². The second-order valence-electron chi connectivity index (χ2n) is 7.48. The van der Waals surface area contributed by atoms with Crippen molar-refractivity contribution in [1.82, 2.24) is 10.6 Å². The van der Waals surface area contributed by atoms with Crippen molar-refractivity contribution in [3.63, 3.8) is 0 Å². The normalized spacial score (nSPS) is 38.3. The van der Waals surface area contributed by atoms with Crippen LogP contribution in [0.1, 0.15) is 52.4 Å². The van der Waals surface area contributed by atoms with Crippen LogP contribution < -0.4 is 10.6 Å². The lowest BCUT2D eigenvalue weighted by Gasteiger charge is -2.39.